The second-order valence-corrected chi connectivity index (χ2v) is 6.55. The third-order valence-electron chi connectivity index (χ3n) is 3.44. The van der Waals surface area contributed by atoms with Crippen LogP contribution in [0.5, 0.6) is 0 Å². The Balaban J connectivity index is 2.53. The molecule has 1 rings (SSSR count). The number of nitrogens with one attached hydrogen (secondary N) is 1. The first-order valence-corrected chi connectivity index (χ1v) is 8.41. The fourth-order valence-electron chi connectivity index (χ4n) is 2.14. The Morgan fingerprint density at radius 1 is 1.38 bits per heavy atom. The predicted octanol–water partition coefficient (Wildman–Crippen LogP) is 3.49. The molecular weight excluding hydrogens is 286 g/mol. The lowest BCUT2D eigenvalue weighted by Gasteiger charge is -2.10. The molecule has 0 aliphatic carbocycles. The van der Waals surface area contributed by atoms with Crippen LogP contribution in [0.4, 0.5) is 0 Å². The van der Waals surface area contributed by atoms with Crippen LogP contribution in [0.1, 0.15) is 60.1 Å². The highest BCUT2D eigenvalue weighted by atomic mass is 32.1. The highest BCUT2D eigenvalue weighted by molar-refractivity contribution is 7.14. The van der Waals surface area contributed by atoms with Crippen molar-refractivity contribution in [2.24, 2.45) is 5.92 Å². The lowest BCUT2D eigenvalue weighted by atomic mass is 10.1. The SMILES string of the molecule is CCCc1sc(C(=O)NCC(C)CCC(=O)O)cc1CC. The number of aryl methyl sites for hydroxylation is 2. The van der Waals surface area contributed by atoms with E-state index in [4.69, 9.17) is 5.11 Å². The molecule has 2 N–H and O–H groups in total. The van der Waals surface area contributed by atoms with Gasteiger partial charge in [0.05, 0.1) is 4.88 Å². The van der Waals surface area contributed by atoms with E-state index in [2.05, 4.69) is 19.2 Å². The number of carbonyl (C=O) groups excluding carboxylic acids is 1. The molecule has 1 heterocycles. The fraction of sp³-hybridized carbons (Fsp3) is 0.625. The summed E-state index contributed by atoms with van der Waals surface area (Å²) < 4.78 is 0. The first-order chi connectivity index (χ1) is 9.97. The molecule has 1 atom stereocenters. The summed E-state index contributed by atoms with van der Waals surface area (Å²) in [5.41, 5.74) is 1.27. The Morgan fingerprint density at radius 3 is 2.67 bits per heavy atom. The van der Waals surface area contributed by atoms with Crippen molar-refractivity contribution in [2.45, 2.75) is 52.9 Å². The van der Waals surface area contributed by atoms with Gasteiger partial charge >= 0.3 is 5.97 Å². The zero-order valence-corrected chi connectivity index (χ0v) is 13.9. The van der Waals surface area contributed by atoms with Gasteiger partial charge in [-0.2, -0.15) is 0 Å². The summed E-state index contributed by atoms with van der Waals surface area (Å²) in [7, 11) is 0. The van der Waals surface area contributed by atoms with E-state index >= 15 is 0 Å². The highest BCUT2D eigenvalue weighted by Crippen LogP contribution is 2.24. The highest BCUT2D eigenvalue weighted by Gasteiger charge is 2.14. The van der Waals surface area contributed by atoms with Crippen molar-refractivity contribution in [2.75, 3.05) is 6.54 Å². The predicted molar refractivity (Wildman–Crippen MR) is 86.1 cm³/mol. The van der Waals surface area contributed by atoms with Crippen molar-refractivity contribution >= 4 is 23.2 Å². The topological polar surface area (TPSA) is 66.4 Å². The summed E-state index contributed by atoms with van der Waals surface area (Å²) in [6.45, 7) is 6.73. The van der Waals surface area contributed by atoms with E-state index in [1.807, 2.05) is 13.0 Å². The van der Waals surface area contributed by atoms with Crippen molar-refractivity contribution in [3.63, 3.8) is 0 Å². The monoisotopic (exact) mass is 311 g/mol. The van der Waals surface area contributed by atoms with Crippen LogP contribution in [0.3, 0.4) is 0 Å². The van der Waals surface area contributed by atoms with Gasteiger partial charge in [-0.05, 0) is 36.8 Å². The molecule has 1 aromatic heterocycles. The molecule has 1 unspecified atom stereocenters. The second-order valence-electron chi connectivity index (χ2n) is 5.41. The number of rotatable bonds is 9. The summed E-state index contributed by atoms with van der Waals surface area (Å²) in [5.74, 6) is -0.659. The summed E-state index contributed by atoms with van der Waals surface area (Å²) >= 11 is 1.58. The molecule has 0 aromatic carbocycles. The minimum atomic E-state index is -0.789. The van der Waals surface area contributed by atoms with E-state index in [9.17, 15) is 9.59 Å². The Morgan fingerprint density at radius 2 is 2.10 bits per heavy atom. The molecule has 1 amide bonds. The number of aliphatic carboxylic acids is 1. The van der Waals surface area contributed by atoms with Gasteiger partial charge in [0, 0.05) is 17.8 Å². The van der Waals surface area contributed by atoms with E-state index in [1.165, 1.54) is 10.4 Å². The van der Waals surface area contributed by atoms with Crippen molar-refractivity contribution < 1.29 is 14.7 Å². The second kappa shape index (κ2) is 8.82. The lowest BCUT2D eigenvalue weighted by molar-refractivity contribution is -0.137. The third-order valence-corrected chi connectivity index (χ3v) is 4.68. The molecule has 0 radical (unpaired) electrons. The van der Waals surface area contributed by atoms with Gasteiger partial charge in [0.1, 0.15) is 0 Å². The number of carboxylic acid groups (broad SMARTS) is 1. The van der Waals surface area contributed by atoms with Crippen LogP contribution in [0.25, 0.3) is 0 Å². The summed E-state index contributed by atoms with van der Waals surface area (Å²) in [5, 5.41) is 11.6. The normalized spacial score (nSPS) is 12.1. The molecule has 0 saturated carbocycles. The molecular formula is C16H25NO3S. The van der Waals surface area contributed by atoms with Gasteiger partial charge in [-0.1, -0.05) is 27.2 Å². The molecule has 118 valence electrons. The Hall–Kier alpha value is -1.36. The zero-order valence-electron chi connectivity index (χ0n) is 13.1. The summed E-state index contributed by atoms with van der Waals surface area (Å²) in [6.07, 6.45) is 3.79. The van der Waals surface area contributed by atoms with Gasteiger partial charge in [-0.25, -0.2) is 0 Å². The minimum absolute atomic E-state index is 0.0424. The average Bonchev–Trinajstić information content (AvgIpc) is 2.86. The molecule has 21 heavy (non-hydrogen) atoms. The number of thiophene rings is 1. The Bertz CT molecular complexity index is 482. The maximum atomic E-state index is 12.2. The number of carbonyl (C=O) groups is 2. The van der Waals surface area contributed by atoms with E-state index < -0.39 is 5.97 Å². The first kappa shape index (κ1) is 17.7. The van der Waals surface area contributed by atoms with Crippen molar-refractivity contribution in [3.05, 3.63) is 21.4 Å². The molecule has 0 bridgehead atoms. The van der Waals surface area contributed by atoms with Crippen LogP contribution < -0.4 is 5.32 Å². The Labute approximate surface area is 130 Å². The molecule has 0 aliphatic rings. The van der Waals surface area contributed by atoms with Crippen LogP contribution in [0.15, 0.2) is 6.07 Å². The quantitative estimate of drug-likeness (QED) is 0.733. The van der Waals surface area contributed by atoms with Crippen molar-refractivity contribution in [3.8, 4) is 0 Å². The van der Waals surface area contributed by atoms with Crippen LogP contribution in [0.2, 0.25) is 0 Å². The Kier molecular flexibility index (Phi) is 7.43. The van der Waals surface area contributed by atoms with E-state index in [0.717, 1.165) is 24.1 Å². The summed E-state index contributed by atoms with van der Waals surface area (Å²) in [6, 6.07) is 1.99. The van der Waals surface area contributed by atoms with Crippen LogP contribution in [-0.2, 0) is 17.6 Å². The lowest BCUT2D eigenvalue weighted by Crippen LogP contribution is -2.27. The number of carboxylic acids is 1. The molecule has 1 aromatic rings. The molecule has 0 aliphatic heterocycles. The van der Waals surface area contributed by atoms with Crippen molar-refractivity contribution in [1.29, 1.82) is 0 Å². The molecule has 4 nitrogen and oxygen atoms in total. The van der Waals surface area contributed by atoms with Gasteiger partial charge < -0.3 is 10.4 Å². The smallest absolute Gasteiger partial charge is 0.303 e. The first-order valence-electron chi connectivity index (χ1n) is 7.59. The zero-order chi connectivity index (χ0) is 15.8. The summed E-state index contributed by atoms with van der Waals surface area (Å²) in [4.78, 5) is 24.7. The van der Waals surface area contributed by atoms with Crippen LogP contribution in [0, 0.1) is 5.92 Å². The largest absolute Gasteiger partial charge is 0.481 e. The van der Waals surface area contributed by atoms with E-state index in [1.54, 1.807) is 11.3 Å². The number of hydrogen-bond acceptors (Lipinski definition) is 3. The minimum Gasteiger partial charge on any atom is -0.481 e. The molecule has 0 saturated heterocycles. The van der Waals surface area contributed by atoms with Gasteiger partial charge in [-0.15, -0.1) is 11.3 Å². The molecule has 0 fully saturated rings. The fourth-order valence-corrected chi connectivity index (χ4v) is 3.41. The standard InChI is InChI=1S/C16H25NO3S/c1-4-6-13-12(5-2)9-14(21-13)16(20)17-10-11(3)7-8-15(18)19/h9,11H,4-8,10H2,1-3H3,(H,17,20)(H,18,19). The van der Waals surface area contributed by atoms with Crippen LogP contribution in [-0.4, -0.2) is 23.5 Å². The third kappa shape index (κ3) is 5.87. The van der Waals surface area contributed by atoms with Crippen LogP contribution >= 0.6 is 11.3 Å². The van der Waals surface area contributed by atoms with Gasteiger partial charge in [0.25, 0.3) is 5.91 Å². The van der Waals surface area contributed by atoms with E-state index in [0.29, 0.717) is 13.0 Å². The maximum absolute atomic E-state index is 12.2. The van der Waals surface area contributed by atoms with Crippen molar-refractivity contribution in [1.82, 2.24) is 5.32 Å². The number of hydrogen-bond donors (Lipinski definition) is 2. The van der Waals surface area contributed by atoms with E-state index in [-0.39, 0.29) is 18.2 Å². The molecule has 0 spiro atoms. The maximum Gasteiger partial charge on any atom is 0.303 e. The number of amides is 1. The van der Waals surface area contributed by atoms with Gasteiger partial charge in [-0.3, -0.25) is 9.59 Å². The van der Waals surface area contributed by atoms with Gasteiger partial charge in [0.2, 0.25) is 0 Å². The molecule has 5 heteroatoms. The van der Waals surface area contributed by atoms with Gasteiger partial charge in [0.15, 0.2) is 0 Å². The average molecular weight is 311 g/mol.